The van der Waals surface area contributed by atoms with Gasteiger partial charge in [0.2, 0.25) is 0 Å². The second-order valence-corrected chi connectivity index (χ2v) is 14.8. The molecule has 3 aromatic carbocycles. The summed E-state index contributed by atoms with van der Waals surface area (Å²) in [4.78, 5) is 7.02. The van der Waals surface area contributed by atoms with Crippen molar-refractivity contribution in [1.82, 2.24) is 5.01 Å². The minimum Gasteiger partial charge on any atom is -0.368 e. The number of halogens is 2. The molecule has 1 saturated carbocycles. The van der Waals surface area contributed by atoms with Crippen molar-refractivity contribution in [3.8, 4) is 0 Å². The number of rotatable bonds is 8. The van der Waals surface area contributed by atoms with Crippen molar-refractivity contribution in [2.24, 2.45) is 5.10 Å². The van der Waals surface area contributed by atoms with Crippen LogP contribution >= 0.6 is 23.2 Å². The molecule has 1 unspecified atom stereocenters. The summed E-state index contributed by atoms with van der Waals surface area (Å²) in [5.41, 5.74) is 7.71. The molecule has 0 radical (unpaired) electrons. The van der Waals surface area contributed by atoms with Crippen LogP contribution in [0, 0.1) is 6.92 Å². The third-order valence-corrected chi connectivity index (χ3v) is 11.0. The van der Waals surface area contributed by atoms with E-state index in [2.05, 4.69) is 145 Å². The first-order valence-corrected chi connectivity index (χ1v) is 19.9. The first kappa shape index (κ1) is 39.2. The molecule has 0 amide bonds. The van der Waals surface area contributed by atoms with Crippen LogP contribution in [0.5, 0.6) is 0 Å². The van der Waals surface area contributed by atoms with E-state index in [0.717, 1.165) is 67.1 Å². The molecule has 52 heavy (non-hydrogen) atoms. The smallest absolute Gasteiger partial charge is 0.171 e. The van der Waals surface area contributed by atoms with E-state index in [9.17, 15) is 0 Å². The normalized spacial score (nSPS) is 16.4. The Hall–Kier alpha value is -4.00. The molecule has 276 valence electrons. The number of aryl methyl sites for hydroxylation is 3. The monoisotopic (exact) mass is 739 g/mol. The number of aromatic nitrogens is 1. The van der Waals surface area contributed by atoms with E-state index in [0.29, 0.717) is 12.0 Å². The number of hydrogen-bond acceptors (Lipinski definition) is 5. The van der Waals surface area contributed by atoms with Crippen molar-refractivity contribution in [3.63, 3.8) is 0 Å². The average molecular weight is 741 g/mol. The molecule has 2 fully saturated rings. The van der Waals surface area contributed by atoms with Gasteiger partial charge >= 0.3 is 0 Å². The van der Waals surface area contributed by atoms with Crippen molar-refractivity contribution in [2.75, 3.05) is 40.9 Å². The van der Waals surface area contributed by atoms with Crippen molar-refractivity contribution < 1.29 is 4.57 Å². The molecule has 7 rings (SSSR count). The van der Waals surface area contributed by atoms with Crippen LogP contribution in [-0.2, 0) is 13.0 Å². The highest BCUT2D eigenvalue weighted by molar-refractivity contribution is 6.35. The predicted octanol–water partition coefficient (Wildman–Crippen LogP) is 10.9. The Morgan fingerprint density at radius 1 is 0.827 bits per heavy atom. The van der Waals surface area contributed by atoms with Gasteiger partial charge < -0.3 is 9.80 Å². The van der Waals surface area contributed by atoms with Crippen LogP contribution in [0.1, 0.15) is 82.4 Å². The standard InChI is InChI=1S/C25H33N5.C11H12Cl2.C8H12N/c1-5-20(3)30-21(4)29(19-26-30)25-13-11-24(12-14-25)28-17-15-27(16-18-28)23-9-7-22(6-2)8-10-23;12-9-5-6-10(11(13)7-9)8-3-1-2-4-8;1-3-9-6-4-5-8(2)7-9/h7-14,19-20H,4-6,15-18H2,1-3H3;5-8H,1-4H2;4-7H,3H2,1-2H3/q;;+1. The van der Waals surface area contributed by atoms with Gasteiger partial charge in [0.1, 0.15) is 18.7 Å². The van der Waals surface area contributed by atoms with Gasteiger partial charge in [-0.2, -0.15) is 5.10 Å². The molecule has 1 atom stereocenters. The van der Waals surface area contributed by atoms with Crippen molar-refractivity contribution in [2.45, 2.75) is 91.6 Å². The Balaban J connectivity index is 0.000000193. The fourth-order valence-corrected chi connectivity index (χ4v) is 7.58. The highest BCUT2D eigenvalue weighted by atomic mass is 35.5. The average Bonchev–Trinajstić information content (AvgIpc) is 3.85. The fourth-order valence-electron chi connectivity index (χ4n) is 7.02. The Labute approximate surface area is 323 Å². The lowest BCUT2D eigenvalue weighted by atomic mass is 9.98. The van der Waals surface area contributed by atoms with Crippen molar-refractivity contribution >= 4 is 46.6 Å². The molecule has 4 aromatic rings. The van der Waals surface area contributed by atoms with Crippen LogP contribution in [0.4, 0.5) is 17.1 Å². The van der Waals surface area contributed by atoms with Crippen LogP contribution < -0.4 is 19.3 Å². The summed E-state index contributed by atoms with van der Waals surface area (Å²) >= 11 is 12.0. The summed E-state index contributed by atoms with van der Waals surface area (Å²) in [6.07, 6.45) is 13.4. The zero-order valence-electron chi connectivity index (χ0n) is 31.8. The lowest BCUT2D eigenvalue weighted by Crippen LogP contribution is -2.46. The molecule has 8 heteroatoms. The van der Waals surface area contributed by atoms with Crippen LogP contribution in [0.15, 0.2) is 109 Å². The highest BCUT2D eigenvalue weighted by Crippen LogP contribution is 2.38. The van der Waals surface area contributed by atoms with Gasteiger partial charge in [-0.05, 0) is 118 Å². The van der Waals surface area contributed by atoms with Gasteiger partial charge in [0.05, 0.1) is 6.04 Å². The maximum Gasteiger partial charge on any atom is 0.171 e. The number of piperazine rings is 1. The van der Waals surface area contributed by atoms with E-state index in [1.165, 1.54) is 53.7 Å². The lowest BCUT2D eigenvalue weighted by molar-refractivity contribution is -0.693. The van der Waals surface area contributed by atoms with E-state index >= 15 is 0 Å². The minimum absolute atomic E-state index is 0.354. The topological polar surface area (TPSA) is 29.2 Å². The molecule has 1 aromatic heterocycles. The number of hydrazone groups is 1. The summed E-state index contributed by atoms with van der Waals surface area (Å²) in [5.74, 6) is 1.59. The summed E-state index contributed by atoms with van der Waals surface area (Å²) in [5, 5.41) is 8.09. The first-order valence-electron chi connectivity index (χ1n) is 19.1. The molecule has 1 saturated heterocycles. The summed E-state index contributed by atoms with van der Waals surface area (Å²) < 4.78 is 2.16. The molecule has 0 N–H and O–H groups in total. The first-order chi connectivity index (χ1) is 25.2. The predicted molar refractivity (Wildman–Crippen MR) is 223 cm³/mol. The number of nitrogens with zero attached hydrogens (tertiary/aromatic N) is 6. The number of benzene rings is 3. The van der Waals surface area contributed by atoms with Gasteiger partial charge in [-0.15, -0.1) is 0 Å². The lowest BCUT2D eigenvalue weighted by Gasteiger charge is -2.37. The van der Waals surface area contributed by atoms with E-state index in [1.54, 1.807) is 0 Å². The number of pyridine rings is 1. The van der Waals surface area contributed by atoms with Gasteiger partial charge in [-0.1, -0.05) is 74.7 Å². The fraction of sp³-hybridized carbons (Fsp3) is 0.409. The summed E-state index contributed by atoms with van der Waals surface area (Å²) in [7, 11) is 0. The van der Waals surface area contributed by atoms with Crippen molar-refractivity contribution in [1.29, 1.82) is 0 Å². The van der Waals surface area contributed by atoms with E-state index in [4.69, 9.17) is 23.2 Å². The highest BCUT2D eigenvalue weighted by Gasteiger charge is 2.25. The van der Waals surface area contributed by atoms with Crippen LogP contribution in [0.25, 0.3) is 0 Å². The minimum atomic E-state index is 0.354. The maximum absolute atomic E-state index is 6.13. The van der Waals surface area contributed by atoms with Gasteiger partial charge in [-0.3, -0.25) is 4.90 Å². The zero-order valence-corrected chi connectivity index (χ0v) is 33.3. The molecular formula is C44H57Cl2N6+. The van der Waals surface area contributed by atoms with Gasteiger partial charge in [0.15, 0.2) is 12.4 Å². The summed E-state index contributed by atoms with van der Waals surface area (Å²) in [6.45, 7) is 20.2. The quantitative estimate of drug-likeness (QED) is 0.168. The number of hydrogen-bond donors (Lipinski definition) is 0. The van der Waals surface area contributed by atoms with Gasteiger partial charge in [0, 0.05) is 64.9 Å². The molecule has 6 nitrogen and oxygen atoms in total. The Morgan fingerprint density at radius 2 is 1.42 bits per heavy atom. The largest absolute Gasteiger partial charge is 0.368 e. The maximum atomic E-state index is 6.13. The van der Waals surface area contributed by atoms with Crippen LogP contribution in [-0.4, -0.2) is 43.6 Å². The molecule has 3 aliphatic rings. The molecular weight excluding hydrogens is 683 g/mol. The van der Waals surface area contributed by atoms with Crippen LogP contribution in [0.2, 0.25) is 10.0 Å². The van der Waals surface area contributed by atoms with Gasteiger partial charge in [0.25, 0.3) is 0 Å². The third-order valence-electron chi connectivity index (χ3n) is 10.5. The SMILES string of the molecule is C=C1N(c2ccc(N3CCN(c4ccc(CC)cc4)CC3)cc2)C=NN1C(C)CC.CC[n+]1cccc(C)c1.Clc1ccc(C2CCCC2)c(Cl)c1. The van der Waals surface area contributed by atoms with Crippen molar-refractivity contribution in [3.05, 3.63) is 130 Å². The van der Waals surface area contributed by atoms with E-state index in [1.807, 2.05) is 23.5 Å². The van der Waals surface area contributed by atoms with E-state index < -0.39 is 0 Å². The van der Waals surface area contributed by atoms with E-state index in [-0.39, 0.29) is 0 Å². The molecule has 0 spiro atoms. The molecule has 3 heterocycles. The Kier molecular flexibility index (Phi) is 14.5. The Morgan fingerprint density at radius 3 is 1.94 bits per heavy atom. The molecule has 0 bridgehead atoms. The molecule has 2 aliphatic heterocycles. The zero-order chi connectivity index (χ0) is 37.0. The Bertz CT molecular complexity index is 1740. The summed E-state index contributed by atoms with van der Waals surface area (Å²) in [6, 6.07) is 28.2. The number of anilines is 3. The van der Waals surface area contributed by atoms with Crippen LogP contribution in [0.3, 0.4) is 0 Å². The van der Waals surface area contributed by atoms with Gasteiger partial charge in [-0.25, -0.2) is 9.58 Å². The molecule has 1 aliphatic carbocycles. The third kappa shape index (κ3) is 10.3. The second kappa shape index (κ2) is 19.2. The second-order valence-electron chi connectivity index (χ2n) is 14.0.